The number of rotatable bonds is 6. The molecule has 27 heavy (non-hydrogen) atoms. The fraction of sp³-hybridized carbons (Fsp3) is 0.474. The third-order valence-corrected chi connectivity index (χ3v) is 4.41. The van der Waals surface area contributed by atoms with E-state index in [-0.39, 0.29) is 11.4 Å². The molecule has 0 radical (unpaired) electrons. The largest absolute Gasteiger partial charge is 0.468 e. The molecule has 3 aromatic heterocycles. The van der Waals surface area contributed by atoms with Gasteiger partial charge in [-0.15, -0.1) is 0 Å². The molecule has 0 aromatic carbocycles. The molecule has 3 aromatic rings. The number of aromatic nitrogens is 5. The van der Waals surface area contributed by atoms with E-state index in [1.165, 1.54) is 11.7 Å². The van der Waals surface area contributed by atoms with Gasteiger partial charge in [0.25, 0.3) is 0 Å². The maximum Gasteiger partial charge on any atom is 0.328 e. The van der Waals surface area contributed by atoms with Crippen molar-refractivity contribution in [2.24, 2.45) is 5.73 Å². The number of aryl methyl sites for hydroxylation is 2. The number of nitrogens with zero attached hydrogens (tertiary/aromatic N) is 5. The van der Waals surface area contributed by atoms with E-state index in [2.05, 4.69) is 41.9 Å². The van der Waals surface area contributed by atoms with Crippen molar-refractivity contribution in [3.63, 3.8) is 0 Å². The molecule has 0 saturated heterocycles. The van der Waals surface area contributed by atoms with Crippen LogP contribution in [0.2, 0.25) is 0 Å². The molecule has 0 fully saturated rings. The van der Waals surface area contributed by atoms with Gasteiger partial charge in [0.05, 0.1) is 12.8 Å². The second-order valence-electron chi connectivity index (χ2n) is 7.59. The predicted octanol–water partition coefficient (Wildman–Crippen LogP) is 2.88. The molecule has 8 heteroatoms. The lowest BCUT2D eigenvalue weighted by molar-refractivity contribution is 0.247. The highest BCUT2D eigenvalue weighted by Crippen LogP contribution is 2.21. The predicted molar refractivity (Wildman–Crippen MR) is 103 cm³/mol. The Balaban J connectivity index is 1.63. The summed E-state index contributed by atoms with van der Waals surface area (Å²) in [5.41, 5.74) is 8.49. The first-order valence-corrected chi connectivity index (χ1v) is 9.05. The van der Waals surface area contributed by atoms with Gasteiger partial charge in [0.15, 0.2) is 5.65 Å². The monoisotopic (exact) mass is 370 g/mol. The van der Waals surface area contributed by atoms with Crippen LogP contribution in [0.5, 0.6) is 6.01 Å². The van der Waals surface area contributed by atoms with Gasteiger partial charge in [-0.05, 0) is 37.5 Å². The van der Waals surface area contributed by atoms with Crippen LogP contribution in [0.15, 0.2) is 24.4 Å². The highest BCUT2D eigenvalue weighted by Gasteiger charge is 2.17. The van der Waals surface area contributed by atoms with Crippen molar-refractivity contribution in [2.75, 3.05) is 7.11 Å². The van der Waals surface area contributed by atoms with Crippen molar-refractivity contribution in [1.29, 1.82) is 0 Å². The standard InChI is InChI=1S/C19H26N6O2/c1-19(2,3)15-10-12-24(23-15)11-6-5-7-13-8-9-14-16(21-13)25(17(20)26)18(22-14)27-4/h8-10,12H,5-7,11H2,1-4H3,(H2,20,26). The number of carbonyl (C=O) groups excluding carboxylic acids is 1. The van der Waals surface area contributed by atoms with Gasteiger partial charge in [-0.3, -0.25) is 4.68 Å². The Kier molecular flexibility index (Phi) is 5.16. The second-order valence-corrected chi connectivity index (χ2v) is 7.59. The lowest BCUT2D eigenvalue weighted by Gasteiger charge is -2.14. The zero-order valence-electron chi connectivity index (χ0n) is 16.3. The van der Waals surface area contributed by atoms with E-state index >= 15 is 0 Å². The van der Waals surface area contributed by atoms with Crippen LogP contribution in [-0.2, 0) is 18.4 Å². The summed E-state index contributed by atoms with van der Waals surface area (Å²) in [6.45, 7) is 7.35. The molecule has 0 bridgehead atoms. The van der Waals surface area contributed by atoms with Crippen molar-refractivity contribution < 1.29 is 9.53 Å². The molecule has 0 saturated carbocycles. The Morgan fingerprint density at radius 3 is 2.59 bits per heavy atom. The van der Waals surface area contributed by atoms with Crippen molar-refractivity contribution in [1.82, 2.24) is 24.3 Å². The Morgan fingerprint density at radius 2 is 1.96 bits per heavy atom. The first-order valence-electron chi connectivity index (χ1n) is 9.05. The van der Waals surface area contributed by atoms with E-state index in [1.807, 2.05) is 23.0 Å². The van der Waals surface area contributed by atoms with Crippen molar-refractivity contribution in [2.45, 2.75) is 52.0 Å². The number of nitrogens with two attached hydrogens (primary N) is 1. The van der Waals surface area contributed by atoms with Gasteiger partial charge in [-0.1, -0.05) is 20.8 Å². The number of hydrogen-bond acceptors (Lipinski definition) is 5. The van der Waals surface area contributed by atoms with Crippen LogP contribution in [0, 0.1) is 0 Å². The average molecular weight is 370 g/mol. The van der Waals surface area contributed by atoms with Crippen LogP contribution in [0.25, 0.3) is 11.2 Å². The zero-order chi connectivity index (χ0) is 19.6. The summed E-state index contributed by atoms with van der Waals surface area (Å²) in [5.74, 6) is 0. The Bertz CT molecular complexity index is 951. The first-order chi connectivity index (χ1) is 12.8. The zero-order valence-corrected chi connectivity index (χ0v) is 16.3. The maximum absolute atomic E-state index is 11.7. The normalized spacial score (nSPS) is 11.9. The molecule has 144 valence electrons. The van der Waals surface area contributed by atoms with E-state index in [1.54, 1.807) is 0 Å². The fourth-order valence-corrected chi connectivity index (χ4v) is 2.92. The molecule has 3 heterocycles. The Hall–Kier alpha value is -2.90. The van der Waals surface area contributed by atoms with Crippen molar-refractivity contribution >= 4 is 17.2 Å². The minimum Gasteiger partial charge on any atom is -0.468 e. The van der Waals surface area contributed by atoms with Crippen LogP contribution in [0.1, 0.15) is 45.0 Å². The van der Waals surface area contributed by atoms with Crippen LogP contribution >= 0.6 is 0 Å². The molecular weight excluding hydrogens is 344 g/mol. The first kappa shape index (κ1) is 18.9. The molecule has 0 aliphatic heterocycles. The summed E-state index contributed by atoms with van der Waals surface area (Å²) in [4.78, 5) is 20.4. The summed E-state index contributed by atoms with van der Waals surface area (Å²) in [6.07, 6.45) is 4.78. The lowest BCUT2D eigenvalue weighted by atomic mass is 9.93. The summed E-state index contributed by atoms with van der Waals surface area (Å²) < 4.78 is 8.29. The summed E-state index contributed by atoms with van der Waals surface area (Å²) in [6, 6.07) is 5.32. The third kappa shape index (κ3) is 4.10. The highest BCUT2D eigenvalue weighted by molar-refractivity contribution is 5.88. The van der Waals surface area contributed by atoms with Gasteiger partial charge in [0.1, 0.15) is 5.52 Å². The fourth-order valence-electron chi connectivity index (χ4n) is 2.92. The molecule has 0 atom stereocenters. The van der Waals surface area contributed by atoms with Crippen LogP contribution in [0.3, 0.4) is 0 Å². The van der Waals surface area contributed by atoms with Gasteiger partial charge in [-0.2, -0.15) is 14.6 Å². The van der Waals surface area contributed by atoms with E-state index in [0.717, 1.165) is 37.2 Å². The molecule has 0 spiro atoms. The number of primary amides is 1. The molecule has 2 N–H and O–H groups in total. The lowest BCUT2D eigenvalue weighted by Crippen LogP contribution is -2.20. The van der Waals surface area contributed by atoms with Gasteiger partial charge in [0, 0.05) is 23.9 Å². The van der Waals surface area contributed by atoms with Crippen LogP contribution in [-0.4, -0.2) is 37.5 Å². The molecule has 0 unspecified atom stereocenters. The molecule has 8 nitrogen and oxygen atoms in total. The number of imidazole rings is 1. The number of amides is 1. The Morgan fingerprint density at radius 1 is 1.19 bits per heavy atom. The van der Waals surface area contributed by atoms with Gasteiger partial charge in [0.2, 0.25) is 0 Å². The van der Waals surface area contributed by atoms with Gasteiger partial charge >= 0.3 is 12.0 Å². The number of pyridine rings is 1. The second kappa shape index (κ2) is 7.38. The quantitative estimate of drug-likeness (QED) is 0.672. The minimum absolute atomic E-state index is 0.0645. The van der Waals surface area contributed by atoms with Gasteiger partial charge < -0.3 is 10.5 Å². The molecule has 0 aliphatic carbocycles. The third-order valence-electron chi connectivity index (χ3n) is 4.41. The number of hydrogen-bond donors (Lipinski definition) is 1. The van der Waals surface area contributed by atoms with Crippen LogP contribution in [0.4, 0.5) is 4.79 Å². The van der Waals surface area contributed by atoms with Gasteiger partial charge in [-0.25, -0.2) is 9.78 Å². The summed E-state index contributed by atoms with van der Waals surface area (Å²) in [7, 11) is 1.45. The smallest absolute Gasteiger partial charge is 0.328 e. The van der Waals surface area contributed by atoms with E-state index in [4.69, 9.17) is 10.5 Å². The number of methoxy groups -OCH3 is 1. The highest BCUT2D eigenvalue weighted by atomic mass is 16.5. The van der Waals surface area contributed by atoms with E-state index < -0.39 is 6.03 Å². The minimum atomic E-state index is -0.660. The molecule has 3 rings (SSSR count). The molecule has 0 aliphatic rings. The number of fused-ring (bicyclic) bond motifs is 1. The Labute approximate surface area is 158 Å². The van der Waals surface area contributed by atoms with Crippen LogP contribution < -0.4 is 10.5 Å². The molecular formula is C19H26N6O2. The summed E-state index contributed by atoms with van der Waals surface area (Å²) >= 11 is 0. The van der Waals surface area contributed by atoms with E-state index in [9.17, 15) is 4.79 Å². The van der Waals surface area contributed by atoms with E-state index in [0.29, 0.717) is 11.2 Å². The maximum atomic E-state index is 11.7. The average Bonchev–Trinajstić information content (AvgIpc) is 3.22. The summed E-state index contributed by atoms with van der Waals surface area (Å²) in [5, 5.41) is 4.63. The number of ether oxygens (including phenoxy) is 1. The topological polar surface area (TPSA) is 101 Å². The number of carbonyl (C=O) groups is 1. The van der Waals surface area contributed by atoms with Crippen molar-refractivity contribution in [3.05, 3.63) is 35.8 Å². The SMILES string of the molecule is COc1nc2ccc(CCCCn3ccc(C(C)(C)C)n3)nc2n1C(N)=O. The molecule has 1 amide bonds. The number of unbranched alkanes of at least 4 members (excludes halogenated alkanes) is 1. The van der Waals surface area contributed by atoms with Crippen molar-refractivity contribution in [3.8, 4) is 6.01 Å².